The van der Waals surface area contributed by atoms with Crippen molar-refractivity contribution in [3.05, 3.63) is 28.8 Å². The highest BCUT2D eigenvalue weighted by molar-refractivity contribution is 7.92. The van der Waals surface area contributed by atoms with Crippen LogP contribution in [0.15, 0.2) is 23.1 Å². The molecule has 1 heterocycles. The standard InChI is InChI=1S/C11H11ClO4S/c12-8-1-3-10-7(5-8)6-9(17(10,15)16)2-4-11(13)14/h1,3,5,9H,2,4,6H2,(H,13,14). The maximum atomic E-state index is 12.1. The molecular formula is C11H11ClO4S. The average molecular weight is 275 g/mol. The van der Waals surface area contributed by atoms with Crippen molar-refractivity contribution >= 4 is 27.4 Å². The van der Waals surface area contributed by atoms with Crippen molar-refractivity contribution < 1.29 is 18.3 Å². The van der Waals surface area contributed by atoms with Gasteiger partial charge < -0.3 is 5.11 Å². The second kappa shape index (κ2) is 4.31. The summed E-state index contributed by atoms with van der Waals surface area (Å²) in [5.41, 5.74) is 0.688. The van der Waals surface area contributed by atoms with Gasteiger partial charge in [-0.1, -0.05) is 11.6 Å². The van der Waals surface area contributed by atoms with Crippen LogP contribution in [-0.2, 0) is 21.1 Å². The molecule has 4 nitrogen and oxygen atoms in total. The third-order valence-corrected chi connectivity index (χ3v) is 5.42. The summed E-state index contributed by atoms with van der Waals surface area (Å²) in [6.45, 7) is 0. The van der Waals surface area contributed by atoms with Crippen molar-refractivity contribution in [1.82, 2.24) is 0 Å². The van der Waals surface area contributed by atoms with Gasteiger partial charge in [0.1, 0.15) is 0 Å². The molecular weight excluding hydrogens is 264 g/mol. The van der Waals surface area contributed by atoms with E-state index in [2.05, 4.69) is 0 Å². The summed E-state index contributed by atoms with van der Waals surface area (Å²) < 4.78 is 24.1. The molecule has 0 saturated carbocycles. The number of rotatable bonds is 3. The van der Waals surface area contributed by atoms with E-state index in [-0.39, 0.29) is 17.7 Å². The molecule has 1 atom stereocenters. The maximum absolute atomic E-state index is 12.1. The number of aliphatic carboxylic acids is 1. The van der Waals surface area contributed by atoms with E-state index in [1.807, 2.05) is 0 Å². The summed E-state index contributed by atoms with van der Waals surface area (Å²) in [6.07, 6.45) is 0.362. The minimum Gasteiger partial charge on any atom is -0.481 e. The van der Waals surface area contributed by atoms with Gasteiger partial charge in [0, 0.05) is 11.4 Å². The van der Waals surface area contributed by atoms with Crippen molar-refractivity contribution in [3.63, 3.8) is 0 Å². The Morgan fingerprint density at radius 1 is 1.47 bits per heavy atom. The van der Waals surface area contributed by atoms with Gasteiger partial charge in [-0.2, -0.15) is 0 Å². The molecule has 0 aromatic heterocycles. The molecule has 1 aromatic rings. The third-order valence-electron chi connectivity index (χ3n) is 2.90. The Balaban J connectivity index is 2.30. The number of hydrogen-bond donors (Lipinski definition) is 1. The minimum atomic E-state index is -3.38. The van der Waals surface area contributed by atoms with Crippen LogP contribution in [0.2, 0.25) is 5.02 Å². The number of carboxylic acid groups (broad SMARTS) is 1. The molecule has 0 spiro atoms. The highest BCUT2D eigenvalue weighted by atomic mass is 35.5. The number of fused-ring (bicyclic) bond motifs is 1. The molecule has 1 aliphatic rings. The summed E-state index contributed by atoms with van der Waals surface area (Å²) in [5.74, 6) is -0.978. The van der Waals surface area contributed by atoms with Crippen molar-refractivity contribution in [3.8, 4) is 0 Å². The Morgan fingerprint density at radius 2 is 2.18 bits per heavy atom. The predicted octanol–water partition coefficient (Wildman–Crippen LogP) is 1.90. The smallest absolute Gasteiger partial charge is 0.303 e. The lowest BCUT2D eigenvalue weighted by Gasteiger charge is -2.06. The van der Waals surface area contributed by atoms with Crippen molar-refractivity contribution in [2.24, 2.45) is 0 Å². The average Bonchev–Trinajstić information content (AvgIpc) is 2.46. The topological polar surface area (TPSA) is 71.4 Å². The first-order valence-corrected chi connectivity index (χ1v) is 7.08. The molecule has 0 radical (unpaired) electrons. The van der Waals surface area contributed by atoms with Gasteiger partial charge in [0.15, 0.2) is 9.84 Å². The van der Waals surface area contributed by atoms with Gasteiger partial charge in [-0.3, -0.25) is 4.79 Å². The highest BCUT2D eigenvalue weighted by Crippen LogP contribution is 2.34. The minimum absolute atomic E-state index is 0.133. The molecule has 0 saturated heterocycles. The van der Waals surface area contributed by atoms with E-state index in [0.29, 0.717) is 17.0 Å². The Hall–Kier alpha value is -1.07. The van der Waals surface area contributed by atoms with Gasteiger partial charge in [-0.15, -0.1) is 0 Å². The molecule has 0 aliphatic carbocycles. The summed E-state index contributed by atoms with van der Waals surface area (Å²) in [4.78, 5) is 10.8. The fraction of sp³-hybridized carbons (Fsp3) is 0.364. The Bertz CT molecular complexity index is 565. The molecule has 6 heteroatoms. The van der Waals surface area contributed by atoms with E-state index in [1.54, 1.807) is 6.07 Å². The molecule has 0 bridgehead atoms. The lowest BCUT2D eigenvalue weighted by atomic mass is 10.1. The van der Waals surface area contributed by atoms with Gasteiger partial charge in [0.25, 0.3) is 0 Å². The van der Waals surface area contributed by atoms with E-state index >= 15 is 0 Å². The van der Waals surface area contributed by atoms with Crippen molar-refractivity contribution in [2.75, 3.05) is 0 Å². The second-order valence-electron chi connectivity index (χ2n) is 4.06. The number of benzene rings is 1. The lowest BCUT2D eigenvalue weighted by molar-refractivity contribution is -0.137. The number of carboxylic acids is 1. The number of carbonyl (C=O) groups is 1. The Morgan fingerprint density at radius 3 is 2.82 bits per heavy atom. The fourth-order valence-electron chi connectivity index (χ4n) is 2.06. The molecule has 1 aliphatic heterocycles. The van der Waals surface area contributed by atoms with Crippen LogP contribution in [0.5, 0.6) is 0 Å². The molecule has 0 amide bonds. The second-order valence-corrected chi connectivity index (χ2v) is 6.69. The van der Waals surface area contributed by atoms with Gasteiger partial charge in [-0.05, 0) is 36.6 Å². The van der Waals surface area contributed by atoms with Gasteiger partial charge in [0.2, 0.25) is 0 Å². The fourth-order valence-corrected chi connectivity index (χ4v) is 4.21. The first-order chi connectivity index (χ1) is 7.91. The zero-order valence-electron chi connectivity index (χ0n) is 8.89. The zero-order chi connectivity index (χ0) is 12.6. The summed E-state index contributed by atoms with van der Waals surface area (Å²) in [5, 5.41) is 8.45. The molecule has 0 fully saturated rings. The van der Waals surface area contributed by atoms with E-state index in [0.717, 1.165) is 0 Å². The van der Waals surface area contributed by atoms with Crippen LogP contribution < -0.4 is 0 Å². The first-order valence-electron chi connectivity index (χ1n) is 5.15. The van der Waals surface area contributed by atoms with Crippen LogP contribution in [-0.4, -0.2) is 24.7 Å². The van der Waals surface area contributed by atoms with Crippen LogP contribution >= 0.6 is 11.6 Å². The molecule has 2 rings (SSSR count). The van der Waals surface area contributed by atoms with Crippen LogP contribution in [0.3, 0.4) is 0 Å². The largest absolute Gasteiger partial charge is 0.481 e. The summed E-state index contributed by atoms with van der Waals surface area (Å²) >= 11 is 5.80. The summed E-state index contributed by atoms with van der Waals surface area (Å²) in [6, 6.07) is 4.67. The quantitative estimate of drug-likeness (QED) is 0.914. The predicted molar refractivity (Wildman–Crippen MR) is 63.0 cm³/mol. The molecule has 1 N–H and O–H groups in total. The highest BCUT2D eigenvalue weighted by Gasteiger charge is 2.36. The zero-order valence-corrected chi connectivity index (χ0v) is 10.5. The number of halogens is 1. The van der Waals surface area contributed by atoms with Crippen LogP contribution in [0.4, 0.5) is 0 Å². The normalized spacial score (nSPS) is 21.1. The van der Waals surface area contributed by atoms with E-state index in [4.69, 9.17) is 16.7 Å². The van der Waals surface area contributed by atoms with E-state index in [1.165, 1.54) is 12.1 Å². The third kappa shape index (κ3) is 2.30. The van der Waals surface area contributed by atoms with Crippen LogP contribution in [0.1, 0.15) is 18.4 Å². The van der Waals surface area contributed by atoms with Gasteiger partial charge in [-0.25, -0.2) is 8.42 Å². The molecule has 92 valence electrons. The Kier molecular flexibility index (Phi) is 3.14. The number of sulfone groups is 1. The van der Waals surface area contributed by atoms with Crippen molar-refractivity contribution in [2.45, 2.75) is 29.4 Å². The summed E-state index contributed by atoms with van der Waals surface area (Å²) in [7, 11) is -3.38. The lowest BCUT2D eigenvalue weighted by Crippen LogP contribution is -2.18. The Labute approximate surface area is 104 Å². The number of hydrogen-bond acceptors (Lipinski definition) is 3. The SMILES string of the molecule is O=C(O)CCC1Cc2cc(Cl)ccc2S1(=O)=O. The van der Waals surface area contributed by atoms with Crippen LogP contribution in [0.25, 0.3) is 0 Å². The molecule has 1 aromatic carbocycles. The maximum Gasteiger partial charge on any atom is 0.303 e. The van der Waals surface area contributed by atoms with E-state index < -0.39 is 21.1 Å². The monoisotopic (exact) mass is 274 g/mol. The van der Waals surface area contributed by atoms with E-state index in [9.17, 15) is 13.2 Å². The first kappa shape index (κ1) is 12.4. The van der Waals surface area contributed by atoms with Gasteiger partial charge >= 0.3 is 5.97 Å². The molecule has 1 unspecified atom stereocenters. The van der Waals surface area contributed by atoms with Gasteiger partial charge in [0.05, 0.1) is 10.1 Å². The molecule has 17 heavy (non-hydrogen) atoms. The van der Waals surface area contributed by atoms with Crippen molar-refractivity contribution in [1.29, 1.82) is 0 Å². The van der Waals surface area contributed by atoms with Crippen LogP contribution in [0, 0.1) is 0 Å².